The van der Waals surface area contributed by atoms with Crippen molar-refractivity contribution < 1.29 is 37.6 Å². The van der Waals surface area contributed by atoms with Crippen molar-refractivity contribution in [1.82, 2.24) is 19.7 Å². The zero-order chi connectivity index (χ0) is 24.6. The molecule has 0 aliphatic carbocycles. The molecular weight excluding hydrogens is 460 g/mol. The van der Waals surface area contributed by atoms with Gasteiger partial charge in [-0.05, 0) is 30.5 Å². The Kier molecular flexibility index (Phi) is 10.0. The molecule has 0 bridgehead atoms. The minimum atomic E-state index is -2.60. The lowest BCUT2D eigenvalue weighted by Crippen LogP contribution is -2.51. The second-order valence-corrected chi connectivity index (χ2v) is 8.48. The van der Waals surface area contributed by atoms with Crippen LogP contribution in [0, 0.1) is 0 Å². The molecule has 2 heterocycles. The number of ether oxygens (including phenoxy) is 3. The molecule has 2 aromatic heterocycles. The Labute approximate surface area is 191 Å². The molecule has 0 aliphatic rings. The molecule has 14 heteroatoms. The smallest absolute Gasteiger partial charge is 0.462 e. The summed E-state index contributed by atoms with van der Waals surface area (Å²) in [6.45, 7) is 1.52. The lowest BCUT2D eigenvalue weighted by Gasteiger charge is -2.32. The number of aromatic nitrogens is 3. The topological polar surface area (TPSA) is 160 Å². The number of anilines is 1. The second kappa shape index (κ2) is 12.3. The van der Waals surface area contributed by atoms with Crippen LogP contribution in [0.15, 0.2) is 18.5 Å². The summed E-state index contributed by atoms with van der Waals surface area (Å²) >= 11 is 0. The highest BCUT2D eigenvalue weighted by Crippen LogP contribution is 2.27. The van der Waals surface area contributed by atoms with E-state index in [1.807, 2.05) is 0 Å². The maximum absolute atomic E-state index is 14.0. The van der Waals surface area contributed by atoms with E-state index in [4.69, 9.17) is 24.5 Å². The van der Waals surface area contributed by atoms with Crippen LogP contribution in [0.5, 0.6) is 0 Å². The predicted molar refractivity (Wildman–Crippen MR) is 116 cm³/mol. The second-order valence-electron chi connectivity index (χ2n) is 7.45. The molecule has 1 unspecified atom stereocenters. The highest BCUT2D eigenvalue weighted by Gasteiger charge is 2.43. The average molecular weight is 490 g/mol. The summed E-state index contributed by atoms with van der Waals surface area (Å²) < 4.78 is 48.2. The van der Waals surface area contributed by atoms with E-state index in [9.17, 15) is 18.9 Å². The first kappa shape index (κ1) is 27.0. The Balaban J connectivity index is 1.98. The maximum atomic E-state index is 14.0. The minimum Gasteiger partial charge on any atom is -0.462 e. The van der Waals surface area contributed by atoms with Gasteiger partial charge >= 0.3 is 14.1 Å². The molecule has 184 valence electrons. The SMILES string of the molecule is CO[C@@H](C)COC(=O)[C@H](C)N[P+](=O)OC[C@@](CF)(OC)[C@@H](O)Cc1ccc2c(N)ncnn12. The van der Waals surface area contributed by atoms with E-state index >= 15 is 0 Å². The van der Waals surface area contributed by atoms with Crippen LogP contribution in [0.4, 0.5) is 10.2 Å². The maximum Gasteiger partial charge on any atom is 0.613 e. The van der Waals surface area contributed by atoms with Crippen LogP contribution in [0.1, 0.15) is 19.5 Å². The molecular formula is C19H30FN5O7P+. The van der Waals surface area contributed by atoms with Gasteiger partial charge in [0.15, 0.2) is 11.4 Å². The summed E-state index contributed by atoms with van der Waals surface area (Å²) in [7, 11) is 0.0915. The summed E-state index contributed by atoms with van der Waals surface area (Å²) in [6, 6.07) is 2.39. The fraction of sp³-hybridized carbons (Fsp3) is 0.632. The summed E-state index contributed by atoms with van der Waals surface area (Å²) in [4.78, 5) is 15.8. The number of fused-ring (bicyclic) bond motifs is 1. The van der Waals surface area contributed by atoms with Gasteiger partial charge in [0.05, 0.1) is 12.2 Å². The van der Waals surface area contributed by atoms with Gasteiger partial charge < -0.3 is 25.1 Å². The number of nitrogens with two attached hydrogens (primary N) is 1. The van der Waals surface area contributed by atoms with Gasteiger partial charge in [0.1, 0.15) is 37.8 Å². The number of aliphatic hydroxyl groups is 1. The van der Waals surface area contributed by atoms with Crippen LogP contribution >= 0.6 is 8.18 Å². The fourth-order valence-corrected chi connectivity index (χ4v) is 3.66. The molecule has 5 atom stereocenters. The molecule has 0 saturated heterocycles. The van der Waals surface area contributed by atoms with Crippen molar-refractivity contribution in [1.29, 1.82) is 0 Å². The van der Waals surface area contributed by atoms with Gasteiger partial charge in [-0.1, -0.05) is 5.09 Å². The first-order valence-corrected chi connectivity index (χ1v) is 11.3. The number of hydrogen-bond acceptors (Lipinski definition) is 10. The third kappa shape index (κ3) is 6.85. The first-order valence-electron chi connectivity index (χ1n) is 10.1. The molecule has 2 aromatic rings. The molecule has 33 heavy (non-hydrogen) atoms. The summed E-state index contributed by atoms with van der Waals surface area (Å²) in [6.07, 6.45) is -0.474. The van der Waals surface area contributed by atoms with Crippen LogP contribution < -0.4 is 10.8 Å². The highest BCUT2D eigenvalue weighted by atomic mass is 31.1. The molecule has 0 spiro atoms. The number of methoxy groups -OCH3 is 2. The van der Waals surface area contributed by atoms with Gasteiger partial charge in [-0.2, -0.15) is 5.10 Å². The third-order valence-corrected chi connectivity index (χ3v) is 6.11. The number of carbonyl (C=O) groups excluding carboxylic acids is 1. The summed E-state index contributed by atoms with van der Waals surface area (Å²) in [5, 5.41) is 17.3. The van der Waals surface area contributed by atoms with Crippen LogP contribution in [-0.2, 0) is 34.5 Å². The first-order chi connectivity index (χ1) is 15.7. The van der Waals surface area contributed by atoms with Gasteiger partial charge in [0, 0.05) is 26.3 Å². The van der Waals surface area contributed by atoms with Crippen molar-refractivity contribution >= 4 is 25.5 Å². The van der Waals surface area contributed by atoms with E-state index in [2.05, 4.69) is 15.2 Å². The van der Waals surface area contributed by atoms with Gasteiger partial charge in [0.25, 0.3) is 0 Å². The molecule has 4 N–H and O–H groups in total. The van der Waals surface area contributed by atoms with E-state index in [0.29, 0.717) is 11.2 Å². The standard InChI is InChI=1S/C19H30FN5O7P/c1-12(29-3)8-31-18(27)13(2)24-33(28)32-10-19(9-20,30-4)16(26)7-14-5-6-15-17(21)22-11-23-25(14)15/h5-6,11-13,16,26H,7-10H2,1-4H3,(H,24,28)(H2,21,22,23)/q+1/t12-,13-,16-,19+/m0/s1. The number of nitrogen functional groups attached to an aromatic ring is 1. The molecule has 0 amide bonds. The number of hydrogen-bond donors (Lipinski definition) is 3. The Hall–Kier alpha value is -2.28. The Morgan fingerprint density at radius 3 is 2.76 bits per heavy atom. The lowest BCUT2D eigenvalue weighted by atomic mass is 9.95. The number of esters is 1. The number of alkyl halides is 1. The number of halogens is 1. The minimum absolute atomic E-state index is 0.0326. The zero-order valence-corrected chi connectivity index (χ0v) is 19.8. The number of nitrogens with zero attached hydrogens (tertiary/aromatic N) is 3. The third-order valence-electron chi connectivity index (χ3n) is 5.14. The quantitative estimate of drug-likeness (QED) is 0.254. The summed E-state index contributed by atoms with van der Waals surface area (Å²) in [5.74, 6) is -0.402. The Morgan fingerprint density at radius 2 is 2.12 bits per heavy atom. The van der Waals surface area contributed by atoms with Crippen molar-refractivity contribution in [2.45, 2.75) is 44.1 Å². The normalized spacial score (nSPS) is 16.7. The van der Waals surface area contributed by atoms with Crippen LogP contribution in [-0.4, -0.2) is 83.6 Å². The van der Waals surface area contributed by atoms with Crippen molar-refractivity contribution in [3.05, 3.63) is 24.2 Å². The molecule has 2 rings (SSSR count). The highest BCUT2D eigenvalue weighted by molar-refractivity contribution is 7.36. The number of nitrogens with one attached hydrogen (secondary N) is 1. The monoisotopic (exact) mass is 490 g/mol. The molecule has 0 saturated carbocycles. The van der Waals surface area contributed by atoms with E-state index in [-0.39, 0.29) is 24.9 Å². The van der Waals surface area contributed by atoms with E-state index in [0.717, 1.165) is 0 Å². The average Bonchev–Trinajstić information content (AvgIpc) is 3.22. The lowest BCUT2D eigenvalue weighted by molar-refractivity contribution is -0.148. The molecule has 0 aromatic carbocycles. The Bertz CT molecular complexity index is 942. The van der Waals surface area contributed by atoms with Gasteiger partial charge in [-0.15, -0.1) is 4.52 Å². The van der Waals surface area contributed by atoms with E-state index < -0.39 is 45.2 Å². The number of aliphatic hydroxyl groups excluding tert-OH is 1. The molecule has 0 aliphatic heterocycles. The number of rotatable bonds is 14. The van der Waals surface area contributed by atoms with Gasteiger partial charge in [-0.3, -0.25) is 4.79 Å². The zero-order valence-electron chi connectivity index (χ0n) is 18.9. The molecule has 12 nitrogen and oxygen atoms in total. The molecule has 0 radical (unpaired) electrons. The van der Waals surface area contributed by atoms with Crippen molar-refractivity contribution in [2.24, 2.45) is 0 Å². The van der Waals surface area contributed by atoms with Crippen molar-refractivity contribution in [3.8, 4) is 0 Å². The van der Waals surface area contributed by atoms with E-state index in [1.165, 1.54) is 32.0 Å². The van der Waals surface area contributed by atoms with Gasteiger partial charge in [-0.25, -0.2) is 13.9 Å². The fourth-order valence-electron chi connectivity index (χ4n) is 2.83. The van der Waals surface area contributed by atoms with Gasteiger partial charge in [0.2, 0.25) is 0 Å². The van der Waals surface area contributed by atoms with Crippen LogP contribution in [0.3, 0.4) is 0 Å². The van der Waals surface area contributed by atoms with E-state index in [1.54, 1.807) is 19.1 Å². The largest absolute Gasteiger partial charge is 0.613 e. The van der Waals surface area contributed by atoms with Crippen molar-refractivity contribution in [3.63, 3.8) is 0 Å². The van der Waals surface area contributed by atoms with Crippen LogP contribution in [0.25, 0.3) is 5.52 Å². The number of carbonyl (C=O) groups is 1. The van der Waals surface area contributed by atoms with Crippen molar-refractivity contribution in [2.75, 3.05) is 39.8 Å². The summed E-state index contributed by atoms with van der Waals surface area (Å²) in [5.41, 5.74) is 5.06. The Morgan fingerprint density at radius 1 is 1.39 bits per heavy atom. The molecule has 0 fully saturated rings. The van der Waals surface area contributed by atoms with Crippen LogP contribution in [0.2, 0.25) is 0 Å². The predicted octanol–water partition coefficient (Wildman–Crippen LogP) is 0.800.